The van der Waals surface area contributed by atoms with Crippen LogP contribution < -0.4 is 15.4 Å². The van der Waals surface area contributed by atoms with Gasteiger partial charge in [-0.3, -0.25) is 4.79 Å². The van der Waals surface area contributed by atoms with Crippen LogP contribution in [0, 0.1) is 0 Å². The fraction of sp³-hybridized carbons (Fsp3) is 0.636. The van der Waals surface area contributed by atoms with E-state index in [9.17, 15) is 4.79 Å². The molecule has 162 valence electrons. The van der Waals surface area contributed by atoms with Crippen LogP contribution in [0.2, 0.25) is 0 Å². The second-order valence-electron chi connectivity index (χ2n) is 7.12. The summed E-state index contributed by atoms with van der Waals surface area (Å²) < 4.78 is 6.02. The molecular weight excluding hydrogens is 366 g/mol. The number of nitrogens with one attached hydrogen (secondary N) is 2. The number of likely N-dealkylation sites (tertiary alicyclic amines) is 1. The summed E-state index contributed by atoms with van der Waals surface area (Å²) in [6.07, 6.45) is 2.20. The quantitative estimate of drug-likeness (QED) is 0.437. The lowest BCUT2D eigenvalue weighted by molar-refractivity contribution is -0.128. The molecule has 1 saturated heterocycles. The first-order valence-electron chi connectivity index (χ1n) is 10.9. The minimum absolute atomic E-state index is 0.133. The first-order chi connectivity index (χ1) is 14.2. The van der Waals surface area contributed by atoms with Gasteiger partial charge < -0.3 is 25.2 Å². The van der Waals surface area contributed by atoms with Crippen molar-refractivity contribution in [3.63, 3.8) is 0 Å². The summed E-state index contributed by atoms with van der Waals surface area (Å²) in [5, 5.41) is 6.37. The number of guanidine groups is 1. The number of carbonyl (C=O) groups excluding carboxylic acids is 1. The molecule has 2 rings (SSSR count). The minimum Gasteiger partial charge on any atom is -0.492 e. The van der Waals surface area contributed by atoms with Gasteiger partial charge in [0, 0.05) is 31.7 Å². The lowest BCUT2D eigenvalue weighted by atomic mass is 10.2. The highest BCUT2D eigenvalue weighted by Crippen LogP contribution is 2.19. The Morgan fingerprint density at radius 1 is 1.14 bits per heavy atom. The zero-order chi connectivity index (χ0) is 20.9. The molecule has 2 N–H and O–H groups in total. The van der Waals surface area contributed by atoms with Crippen molar-refractivity contribution in [1.29, 1.82) is 0 Å². The average molecular weight is 404 g/mol. The van der Waals surface area contributed by atoms with Crippen molar-refractivity contribution >= 4 is 11.9 Å². The Bertz CT molecular complexity index is 640. The zero-order valence-corrected chi connectivity index (χ0v) is 18.2. The van der Waals surface area contributed by atoms with Crippen LogP contribution in [0.5, 0.6) is 5.75 Å². The molecular formula is C22H37N5O2. The normalized spacial score (nSPS) is 14.3. The van der Waals surface area contributed by atoms with Crippen molar-refractivity contribution in [2.24, 2.45) is 4.99 Å². The van der Waals surface area contributed by atoms with Crippen LogP contribution in [0.4, 0.5) is 0 Å². The number of hydrogen-bond donors (Lipinski definition) is 2. The standard InChI is InChI=1S/C22H37N5O2/c1-4-23-22(25-18-21(28)27-13-9-10-14-27)24-17-19-11-7-8-12-20(19)29-16-15-26(5-2)6-3/h7-8,11-12H,4-6,9-10,13-18H2,1-3H3,(H2,23,24,25). The molecule has 7 nitrogen and oxygen atoms in total. The van der Waals surface area contributed by atoms with Gasteiger partial charge in [0.05, 0.1) is 13.1 Å². The van der Waals surface area contributed by atoms with Gasteiger partial charge in [0.2, 0.25) is 5.91 Å². The van der Waals surface area contributed by atoms with E-state index in [1.54, 1.807) is 0 Å². The number of amides is 1. The van der Waals surface area contributed by atoms with E-state index in [4.69, 9.17) is 4.74 Å². The number of rotatable bonds is 11. The fourth-order valence-corrected chi connectivity index (χ4v) is 3.34. The molecule has 1 fully saturated rings. The smallest absolute Gasteiger partial charge is 0.241 e. The van der Waals surface area contributed by atoms with E-state index in [2.05, 4.69) is 34.4 Å². The monoisotopic (exact) mass is 403 g/mol. The molecule has 0 spiro atoms. The number of para-hydroxylation sites is 1. The Labute approximate surface area is 175 Å². The molecule has 1 amide bonds. The van der Waals surface area contributed by atoms with Gasteiger partial charge in [-0.1, -0.05) is 32.0 Å². The maximum Gasteiger partial charge on any atom is 0.241 e. The molecule has 29 heavy (non-hydrogen) atoms. The van der Waals surface area contributed by atoms with E-state index < -0.39 is 0 Å². The third-order valence-corrected chi connectivity index (χ3v) is 5.15. The van der Waals surface area contributed by atoms with E-state index in [0.717, 1.165) is 63.4 Å². The summed E-state index contributed by atoms with van der Waals surface area (Å²) in [6, 6.07) is 8.01. The third kappa shape index (κ3) is 7.93. The van der Waals surface area contributed by atoms with Crippen molar-refractivity contribution in [1.82, 2.24) is 20.4 Å². The van der Waals surface area contributed by atoms with Crippen molar-refractivity contribution in [2.75, 3.05) is 52.4 Å². The topological polar surface area (TPSA) is 69.2 Å². The molecule has 0 bridgehead atoms. The lowest BCUT2D eigenvalue weighted by Gasteiger charge is -2.19. The van der Waals surface area contributed by atoms with Gasteiger partial charge in [0.15, 0.2) is 5.96 Å². The van der Waals surface area contributed by atoms with Crippen LogP contribution in [0.1, 0.15) is 39.2 Å². The van der Waals surface area contributed by atoms with Crippen molar-refractivity contribution in [3.05, 3.63) is 29.8 Å². The SMILES string of the molecule is CCNC(=NCc1ccccc1OCCN(CC)CC)NCC(=O)N1CCCC1. The zero-order valence-electron chi connectivity index (χ0n) is 18.2. The van der Waals surface area contributed by atoms with E-state index >= 15 is 0 Å². The molecule has 1 aromatic carbocycles. The van der Waals surface area contributed by atoms with Crippen molar-refractivity contribution in [3.8, 4) is 5.75 Å². The summed E-state index contributed by atoms with van der Waals surface area (Å²) in [4.78, 5) is 21.2. The number of carbonyl (C=O) groups is 1. The molecule has 7 heteroatoms. The summed E-state index contributed by atoms with van der Waals surface area (Å²) in [5.41, 5.74) is 1.04. The molecule has 1 aliphatic rings. The van der Waals surface area contributed by atoms with Crippen LogP contribution in [-0.2, 0) is 11.3 Å². The van der Waals surface area contributed by atoms with Crippen molar-refractivity contribution in [2.45, 2.75) is 40.2 Å². The molecule has 0 unspecified atom stereocenters. The van der Waals surface area contributed by atoms with Gasteiger partial charge >= 0.3 is 0 Å². The Balaban J connectivity index is 1.91. The maximum absolute atomic E-state index is 12.3. The molecule has 0 aromatic heterocycles. The predicted molar refractivity (Wildman–Crippen MR) is 118 cm³/mol. The van der Waals surface area contributed by atoms with E-state index in [0.29, 0.717) is 19.1 Å². The average Bonchev–Trinajstić information content (AvgIpc) is 3.29. The van der Waals surface area contributed by atoms with E-state index in [-0.39, 0.29) is 12.5 Å². The minimum atomic E-state index is 0.133. The van der Waals surface area contributed by atoms with Crippen molar-refractivity contribution < 1.29 is 9.53 Å². The fourth-order valence-electron chi connectivity index (χ4n) is 3.34. The first kappa shape index (κ1) is 23.0. The number of likely N-dealkylation sites (N-methyl/N-ethyl adjacent to an activating group) is 1. The van der Waals surface area contributed by atoms with Gasteiger partial charge in [0.25, 0.3) is 0 Å². The first-order valence-corrected chi connectivity index (χ1v) is 10.9. The van der Waals surface area contributed by atoms with Gasteiger partial charge in [-0.05, 0) is 38.9 Å². The van der Waals surface area contributed by atoms with Crippen LogP contribution in [0.15, 0.2) is 29.3 Å². The summed E-state index contributed by atoms with van der Waals surface area (Å²) in [6.45, 7) is 13.2. The van der Waals surface area contributed by atoms with Crippen LogP contribution in [0.25, 0.3) is 0 Å². The maximum atomic E-state index is 12.3. The number of hydrogen-bond acceptors (Lipinski definition) is 4. The van der Waals surface area contributed by atoms with Crippen LogP contribution in [-0.4, -0.2) is 74.1 Å². The van der Waals surface area contributed by atoms with Gasteiger partial charge in [-0.2, -0.15) is 0 Å². The molecule has 0 saturated carbocycles. The van der Waals surface area contributed by atoms with E-state index in [1.165, 1.54) is 0 Å². The third-order valence-electron chi connectivity index (χ3n) is 5.15. The summed E-state index contributed by atoms with van der Waals surface area (Å²) in [5.74, 6) is 1.65. The van der Waals surface area contributed by atoms with Crippen LogP contribution in [0.3, 0.4) is 0 Å². The highest BCUT2D eigenvalue weighted by molar-refractivity contribution is 5.86. The lowest BCUT2D eigenvalue weighted by Crippen LogP contribution is -2.44. The molecule has 0 radical (unpaired) electrons. The Kier molecular flexibility index (Phi) is 10.3. The largest absolute Gasteiger partial charge is 0.492 e. The van der Waals surface area contributed by atoms with E-state index in [1.807, 2.05) is 36.1 Å². The molecule has 0 aliphatic carbocycles. The number of aliphatic imine (C=N–C) groups is 1. The number of nitrogens with zero attached hydrogens (tertiary/aromatic N) is 3. The second kappa shape index (κ2) is 13.0. The van der Waals surface area contributed by atoms with Gasteiger partial charge in [0.1, 0.15) is 12.4 Å². The summed E-state index contributed by atoms with van der Waals surface area (Å²) in [7, 11) is 0. The van der Waals surface area contributed by atoms with Gasteiger partial charge in [-0.15, -0.1) is 0 Å². The Morgan fingerprint density at radius 3 is 2.55 bits per heavy atom. The highest BCUT2D eigenvalue weighted by atomic mass is 16.5. The molecule has 1 aliphatic heterocycles. The number of benzene rings is 1. The second-order valence-corrected chi connectivity index (χ2v) is 7.12. The Hall–Kier alpha value is -2.28. The molecule has 0 atom stereocenters. The van der Waals surface area contributed by atoms with Gasteiger partial charge in [-0.25, -0.2) is 4.99 Å². The summed E-state index contributed by atoms with van der Waals surface area (Å²) >= 11 is 0. The highest BCUT2D eigenvalue weighted by Gasteiger charge is 2.17. The molecule has 1 aromatic rings. The molecule has 1 heterocycles. The predicted octanol–water partition coefficient (Wildman–Crippen LogP) is 2.08. The Morgan fingerprint density at radius 2 is 1.86 bits per heavy atom. The van der Waals surface area contributed by atoms with Crippen LogP contribution >= 0.6 is 0 Å². The number of ether oxygens (including phenoxy) is 1.